The summed E-state index contributed by atoms with van der Waals surface area (Å²) in [5.74, 6) is 0.230. The molecule has 1 spiro atoms. The number of rotatable bonds is 4. The molecule has 0 heterocycles. The monoisotopic (exact) mass is 659 g/mol. The lowest BCUT2D eigenvalue weighted by Crippen LogP contribution is -2.55. The molecule has 6 aliphatic rings. The van der Waals surface area contributed by atoms with Crippen LogP contribution in [0.2, 0.25) is 0 Å². The summed E-state index contributed by atoms with van der Waals surface area (Å²) < 4.78 is 177. The maximum atomic E-state index is 10.6. The summed E-state index contributed by atoms with van der Waals surface area (Å²) in [6.07, 6.45) is 4.84. The normalized spacial score (nSPS) is 33.3. The van der Waals surface area contributed by atoms with E-state index in [1.54, 1.807) is 0 Å². The second-order valence-electron chi connectivity index (χ2n) is 16.2. The van der Waals surface area contributed by atoms with Gasteiger partial charge in [0.2, 0.25) is 0 Å². The van der Waals surface area contributed by atoms with Crippen LogP contribution in [0.5, 0.6) is 0 Å². The van der Waals surface area contributed by atoms with E-state index in [9.17, 15) is 16.4 Å². The lowest BCUT2D eigenvalue weighted by Gasteiger charge is -2.61. The van der Waals surface area contributed by atoms with Crippen LogP contribution >= 0.6 is 0 Å². The van der Waals surface area contributed by atoms with Crippen LogP contribution in [-0.2, 0) is 16.2 Å². The molecule has 0 unspecified atom stereocenters. The minimum atomic E-state index is -1.23. The molecule has 6 aliphatic carbocycles. The van der Waals surface area contributed by atoms with Crippen molar-refractivity contribution in [1.29, 1.82) is 0 Å². The Morgan fingerprint density at radius 2 is 1.12 bits per heavy atom. The van der Waals surface area contributed by atoms with Crippen LogP contribution in [-0.4, -0.2) is 0 Å². The fraction of sp³-hybridized carbons (Fsp3) is 0.375. The molecule has 0 radical (unpaired) electrons. The Morgan fingerprint density at radius 3 is 1.86 bits per heavy atom. The Morgan fingerprint density at radius 1 is 0.531 bits per heavy atom. The highest BCUT2D eigenvalue weighted by Crippen LogP contribution is 2.69. The van der Waals surface area contributed by atoms with Crippen LogP contribution in [0.1, 0.15) is 121 Å². The molecule has 0 aliphatic heterocycles. The zero-order valence-electron chi connectivity index (χ0n) is 47.2. The molecule has 49 heavy (non-hydrogen) atoms. The summed E-state index contributed by atoms with van der Waals surface area (Å²) in [6.45, 7) is 7.56. The highest BCUT2D eigenvalue weighted by molar-refractivity contribution is 5.88. The van der Waals surface area contributed by atoms with Gasteiger partial charge < -0.3 is 4.90 Å². The van der Waals surface area contributed by atoms with E-state index in [1.165, 1.54) is 0 Å². The Kier molecular flexibility index (Phi) is 3.47. The molecule has 4 saturated carbocycles. The summed E-state index contributed by atoms with van der Waals surface area (Å²) in [7, 11) is 0. The topological polar surface area (TPSA) is 3.24 Å². The third kappa shape index (κ3) is 4.24. The largest absolute Gasteiger partial charge is 0.310 e. The minimum absolute atomic E-state index is 0.0199. The van der Waals surface area contributed by atoms with E-state index in [0.29, 0.717) is 61.5 Å². The first-order valence-electron chi connectivity index (χ1n) is 27.0. The summed E-state index contributed by atoms with van der Waals surface area (Å²) >= 11 is 0. The first-order valence-corrected chi connectivity index (χ1v) is 17.5. The third-order valence-corrected chi connectivity index (χ3v) is 12.6. The van der Waals surface area contributed by atoms with Crippen molar-refractivity contribution < 1.29 is 26.0 Å². The van der Waals surface area contributed by atoms with Gasteiger partial charge in [-0.15, -0.1) is 0 Å². The van der Waals surface area contributed by atoms with Crippen LogP contribution < -0.4 is 4.90 Å². The SMILES string of the molecule is [2H]c1c([2H])c([2H])c(-c2c([2H])c([2H])c(N(c3c([2H])c([2H])c4c(c3[2H])C3(c5c([2H])c([2H])c([2H])c([2H])c5-4)C4CC5CC(C4)CC3C5)c3c([2H])c([2H])c([2H])c4c3C(C)(C)CCC4(C)C)c([2H])c2[2H])c([2H])c1[2H]. The van der Waals surface area contributed by atoms with Gasteiger partial charge in [0.15, 0.2) is 0 Å². The standard InChI is InChI=1S/C48H49N/c1-46(2)23-24-47(3,4)45-42(46)15-10-16-44(45)49(37-19-17-34(18-20-37)33-11-6-5-7-12-33)38-21-22-40-39-13-8-9-14-41(39)48(43(40)30-38)35-26-31-25-32(28-35)29-36(48)27-31/h5-22,30-32,35-36H,23-29H2,1-4H3/i5D,6D,7D,8D,9D,10D,11D,12D,13D,14D,15D,16D,17D,18D,19D,20D,21D,22D,30D. The number of hydrogen-bond donors (Lipinski definition) is 0. The number of anilines is 3. The molecule has 0 atom stereocenters. The maximum absolute atomic E-state index is 10.6. The molecule has 11 rings (SSSR count). The van der Waals surface area contributed by atoms with E-state index < -0.39 is 141 Å². The molecule has 4 bridgehead atoms. The van der Waals surface area contributed by atoms with Crippen molar-refractivity contribution in [2.45, 2.75) is 88.9 Å². The van der Waals surface area contributed by atoms with Gasteiger partial charge in [0.05, 0.1) is 31.7 Å². The van der Waals surface area contributed by atoms with E-state index in [-0.39, 0.29) is 51.9 Å². The zero-order valence-corrected chi connectivity index (χ0v) is 28.2. The van der Waals surface area contributed by atoms with Crippen LogP contribution in [0.25, 0.3) is 22.3 Å². The molecule has 0 aromatic heterocycles. The summed E-state index contributed by atoms with van der Waals surface area (Å²) in [5.41, 5.74) is -4.09. The van der Waals surface area contributed by atoms with Crippen molar-refractivity contribution in [3.8, 4) is 22.3 Å². The molecule has 246 valence electrons. The van der Waals surface area contributed by atoms with E-state index in [0.717, 1.165) is 11.3 Å². The fourth-order valence-corrected chi connectivity index (χ4v) is 10.5. The predicted octanol–water partition coefficient (Wildman–Crippen LogP) is 12.9. The van der Waals surface area contributed by atoms with Crippen LogP contribution in [0.3, 0.4) is 0 Å². The number of benzene rings is 5. The van der Waals surface area contributed by atoms with Crippen LogP contribution in [0.15, 0.2) is 115 Å². The van der Waals surface area contributed by atoms with Crippen molar-refractivity contribution >= 4 is 17.1 Å². The molecule has 4 fully saturated rings. The van der Waals surface area contributed by atoms with Crippen LogP contribution in [0, 0.1) is 23.7 Å². The Bertz CT molecular complexity index is 3070. The second kappa shape index (κ2) is 10.5. The highest BCUT2D eigenvalue weighted by atomic mass is 15.1. The fourth-order valence-electron chi connectivity index (χ4n) is 10.5. The Balaban J connectivity index is 1.40. The average molecular weight is 659 g/mol. The molecule has 5 aromatic carbocycles. The highest BCUT2D eigenvalue weighted by Gasteiger charge is 2.61. The van der Waals surface area contributed by atoms with E-state index in [1.807, 2.05) is 27.7 Å². The van der Waals surface area contributed by atoms with Gasteiger partial charge in [0.25, 0.3) is 0 Å². The van der Waals surface area contributed by atoms with Gasteiger partial charge in [-0.2, -0.15) is 0 Å². The van der Waals surface area contributed by atoms with E-state index in [2.05, 4.69) is 0 Å². The number of hydrogen-bond acceptors (Lipinski definition) is 1. The van der Waals surface area contributed by atoms with E-state index in [4.69, 9.17) is 9.60 Å². The van der Waals surface area contributed by atoms with Gasteiger partial charge in [-0.25, -0.2) is 0 Å². The van der Waals surface area contributed by atoms with Crippen molar-refractivity contribution in [2.24, 2.45) is 23.7 Å². The molecule has 0 saturated heterocycles. The average Bonchev–Trinajstić information content (AvgIpc) is 3.60. The first-order chi connectivity index (χ1) is 31.7. The van der Waals surface area contributed by atoms with Gasteiger partial charge in [0, 0.05) is 16.8 Å². The summed E-state index contributed by atoms with van der Waals surface area (Å²) in [5, 5.41) is 0. The lowest BCUT2D eigenvalue weighted by atomic mass is 9.43. The minimum Gasteiger partial charge on any atom is -0.310 e. The van der Waals surface area contributed by atoms with Crippen molar-refractivity contribution in [3.05, 3.63) is 137 Å². The molecule has 1 nitrogen and oxygen atoms in total. The molecular formula is C48H49N. The third-order valence-electron chi connectivity index (χ3n) is 12.6. The first kappa shape index (κ1) is 16.3. The van der Waals surface area contributed by atoms with Gasteiger partial charge in [-0.05, 0) is 154 Å². The van der Waals surface area contributed by atoms with Gasteiger partial charge in [-0.3, -0.25) is 0 Å². The predicted molar refractivity (Wildman–Crippen MR) is 205 cm³/mol. The smallest absolute Gasteiger partial charge is 0.0648 e. The van der Waals surface area contributed by atoms with Gasteiger partial charge >= 0.3 is 0 Å². The number of nitrogens with zero attached hydrogens (tertiary/aromatic N) is 1. The Hall–Kier alpha value is -4.10. The molecular weight excluding hydrogens is 591 g/mol. The van der Waals surface area contributed by atoms with Gasteiger partial charge in [0.1, 0.15) is 0 Å². The summed E-state index contributed by atoms with van der Waals surface area (Å²) in [6, 6.07) is -11.8. The zero-order chi connectivity index (χ0) is 49.7. The second-order valence-corrected chi connectivity index (χ2v) is 16.2. The van der Waals surface area contributed by atoms with E-state index >= 15 is 0 Å². The molecule has 0 N–H and O–H groups in total. The summed E-state index contributed by atoms with van der Waals surface area (Å²) in [4.78, 5) is 1.10. The van der Waals surface area contributed by atoms with Crippen molar-refractivity contribution in [3.63, 3.8) is 0 Å². The quantitative estimate of drug-likeness (QED) is 0.186. The van der Waals surface area contributed by atoms with Crippen molar-refractivity contribution in [2.75, 3.05) is 4.90 Å². The molecule has 1 heteroatoms. The molecule has 0 amide bonds. The van der Waals surface area contributed by atoms with Crippen LogP contribution in [0.4, 0.5) is 17.1 Å². The van der Waals surface area contributed by atoms with Gasteiger partial charge in [-0.1, -0.05) is 112 Å². The Labute approximate surface area is 320 Å². The van der Waals surface area contributed by atoms with Crippen molar-refractivity contribution in [1.82, 2.24) is 0 Å². The maximum Gasteiger partial charge on any atom is 0.0648 e. The molecule has 5 aromatic rings. The number of fused-ring (bicyclic) bond motifs is 4. The lowest BCUT2D eigenvalue weighted by molar-refractivity contribution is -0.0399.